The number of rotatable bonds is 6. The van der Waals surface area contributed by atoms with E-state index < -0.39 is 0 Å². The molecule has 1 aliphatic rings. The number of hydrazone groups is 1. The summed E-state index contributed by atoms with van der Waals surface area (Å²) in [7, 11) is 1.67. The molecule has 0 bridgehead atoms. The number of methoxy groups -OCH3 is 1. The topological polar surface area (TPSA) is 58.1 Å². The van der Waals surface area contributed by atoms with Gasteiger partial charge in [-0.1, -0.05) is 18.2 Å². The van der Waals surface area contributed by atoms with Crippen LogP contribution in [0.3, 0.4) is 0 Å². The van der Waals surface area contributed by atoms with Gasteiger partial charge >= 0.3 is 0 Å². The Morgan fingerprint density at radius 3 is 2.81 bits per heavy atom. The number of morpholine rings is 1. The summed E-state index contributed by atoms with van der Waals surface area (Å²) in [4.78, 5) is 2.35. The van der Waals surface area contributed by atoms with Gasteiger partial charge < -0.3 is 14.8 Å². The van der Waals surface area contributed by atoms with Gasteiger partial charge in [-0.2, -0.15) is 5.10 Å². The summed E-state index contributed by atoms with van der Waals surface area (Å²) in [6, 6.07) is 12.2. The molecule has 0 aliphatic carbocycles. The van der Waals surface area contributed by atoms with E-state index in [0.717, 1.165) is 61.5 Å². The highest BCUT2D eigenvalue weighted by molar-refractivity contribution is 7.80. The molecule has 1 saturated heterocycles. The monoisotopic (exact) mass is 372 g/mol. The van der Waals surface area contributed by atoms with Crippen molar-refractivity contribution >= 4 is 34.3 Å². The van der Waals surface area contributed by atoms with E-state index in [9.17, 15) is 0 Å². The lowest BCUT2D eigenvalue weighted by Gasteiger charge is -2.26. The highest BCUT2D eigenvalue weighted by Gasteiger charge is 2.09. The molecule has 1 heterocycles. The van der Waals surface area contributed by atoms with Gasteiger partial charge in [-0.25, -0.2) is 0 Å². The molecule has 1 fully saturated rings. The quantitative estimate of drug-likeness (QED) is 0.459. The standard InChI is InChI=1S/C19H24N4O2S/c1-24-18-5-4-16-12-15(2-3-17(16)13-18)14-21-22-19(26)20-6-7-23-8-10-25-11-9-23/h2-5,12-14H,6-11H2,1H3,(H2,20,22,26)/b21-14-. The molecule has 1 aliphatic heterocycles. The molecule has 0 unspecified atom stereocenters. The van der Waals surface area contributed by atoms with Crippen LogP contribution in [-0.4, -0.2) is 62.7 Å². The minimum absolute atomic E-state index is 0.528. The lowest BCUT2D eigenvalue weighted by Crippen LogP contribution is -2.42. The fraction of sp³-hybridized carbons (Fsp3) is 0.368. The first-order valence-corrected chi connectivity index (χ1v) is 9.10. The molecule has 2 aromatic carbocycles. The van der Waals surface area contributed by atoms with Crippen LogP contribution in [0.15, 0.2) is 41.5 Å². The van der Waals surface area contributed by atoms with Crippen molar-refractivity contribution in [3.8, 4) is 5.75 Å². The highest BCUT2D eigenvalue weighted by Crippen LogP contribution is 2.21. The molecule has 138 valence electrons. The third kappa shape index (κ3) is 5.39. The smallest absolute Gasteiger partial charge is 0.187 e. The number of benzene rings is 2. The van der Waals surface area contributed by atoms with E-state index in [-0.39, 0.29) is 0 Å². The van der Waals surface area contributed by atoms with Gasteiger partial charge in [0.15, 0.2) is 5.11 Å². The van der Waals surface area contributed by atoms with E-state index in [0.29, 0.717) is 5.11 Å². The zero-order chi connectivity index (χ0) is 18.2. The van der Waals surface area contributed by atoms with Crippen molar-refractivity contribution in [3.05, 3.63) is 42.0 Å². The van der Waals surface area contributed by atoms with Crippen LogP contribution in [-0.2, 0) is 4.74 Å². The number of nitrogens with one attached hydrogen (secondary N) is 2. The third-order valence-electron chi connectivity index (χ3n) is 4.27. The van der Waals surface area contributed by atoms with Crippen molar-refractivity contribution in [3.63, 3.8) is 0 Å². The van der Waals surface area contributed by atoms with Crippen molar-refractivity contribution in [1.82, 2.24) is 15.6 Å². The Balaban J connectivity index is 1.45. The van der Waals surface area contributed by atoms with Crippen LogP contribution in [0.5, 0.6) is 5.75 Å². The molecule has 3 rings (SSSR count). The van der Waals surface area contributed by atoms with Crippen LogP contribution in [0.1, 0.15) is 5.56 Å². The second-order valence-electron chi connectivity index (χ2n) is 6.05. The number of hydrogen-bond donors (Lipinski definition) is 2. The zero-order valence-electron chi connectivity index (χ0n) is 14.9. The molecule has 2 aromatic rings. The van der Waals surface area contributed by atoms with E-state index in [1.165, 1.54) is 0 Å². The van der Waals surface area contributed by atoms with Crippen molar-refractivity contribution in [2.75, 3.05) is 46.5 Å². The van der Waals surface area contributed by atoms with E-state index >= 15 is 0 Å². The van der Waals surface area contributed by atoms with Crippen molar-refractivity contribution < 1.29 is 9.47 Å². The Kier molecular flexibility index (Phi) is 6.76. The predicted molar refractivity (Wildman–Crippen MR) is 109 cm³/mol. The van der Waals surface area contributed by atoms with Crippen molar-refractivity contribution in [1.29, 1.82) is 0 Å². The van der Waals surface area contributed by atoms with Gasteiger partial charge in [0.25, 0.3) is 0 Å². The minimum Gasteiger partial charge on any atom is -0.497 e. The summed E-state index contributed by atoms with van der Waals surface area (Å²) in [6.07, 6.45) is 1.76. The maximum Gasteiger partial charge on any atom is 0.187 e. The average Bonchev–Trinajstić information content (AvgIpc) is 2.68. The molecule has 0 atom stereocenters. The zero-order valence-corrected chi connectivity index (χ0v) is 15.7. The Morgan fingerprint density at radius 2 is 2.00 bits per heavy atom. The summed E-state index contributed by atoms with van der Waals surface area (Å²) in [6.45, 7) is 5.32. The third-order valence-corrected chi connectivity index (χ3v) is 4.50. The first-order chi connectivity index (χ1) is 12.7. The number of hydrogen-bond acceptors (Lipinski definition) is 5. The first kappa shape index (κ1) is 18.6. The summed E-state index contributed by atoms with van der Waals surface area (Å²) in [5.74, 6) is 0.856. The molecule has 0 amide bonds. The average molecular weight is 372 g/mol. The van der Waals surface area contributed by atoms with E-state index in [1.54, 1.807) is 13.3 Å². The van der Waals surface area contributed by atoms with Gasteiger partial charge in [-0.3, -0.25) is 10.3 Å². The normalized spacial score (nSPS) is 15.3. The van der Waals surface area contributed by atoms with Gasteiger partial charge in [-0.15, -0.1) is 0 Å². The second-order valence-corrected chi connectivity index (χ2v) is 6.46. The number of thiocarbonyl (C=S) groups is 1. The van der Waals surface area contributed by atoms with Gasteiger partial charge in [0.2, 0.25) is 0 Å². The summed E-state index contributed by atoms with van der Waals surface area (Å²) in [5.41, 5.74) is 3.87. The van der Waals surface area contributed by atoms with Gasteiger partial charge in [0.05, 0.1) is 26.5 Å². The maximum atomic E-state index is 5.34. The Labute approximate surface area is 159 Å². The van der Waals surface area contributed by atoms with Crippen LogP contribution < -0.4 is 15.5 Å². The summed E-state index contributed by atoms with van der Waals surface area (Å²) < 4.78 is 10.6. The number of ether oxygens (including phenoxy) is 2. The Bertz CT molecular complexity index is 775. The summed E-state index contributed by atoms with van der Waals surface area (Å²) >= 11 is 5.25. The van der Waals surface area contributed by atoms with Crippen LogP contribution in [0, 0.1) is 0 Å². The fourth-order valence-electron chi connectivity index (χ4n) is 2.81. The molecule has 2 N–H and O–H groups in total. The molecule has 7 heteroatoms. The minimum atomic E-state index is 0.528. The molecule has 0 aromatic heterocycles. The molecule has 0 radical (unpaired) electrons. The van der Waals surface area contributed by atoms with E-state index in [1.807, 2.05) is 24.3 Å². The SMILES string of the molecule is COc1ccc2cc(/C=N\NC(=S)NCCN3CCOCC3)ccc2c1. The molecule has 6 nitrogen and oxygen atoms in total. The molecule has 0 saturated carbocycles. The van der Waals surface area contributed by atoms with Crippen molar-refractivity contribution in [2.45, 2.75) is 0 Å². The van der Waals surface area contributed by atoms with E-state index in [4.69, 9.17) is 21.7 Å². The molecular weight excluding hydrogens is 348 g/mol. The molecular formula is C19H24N4O2S. The second kappa shape index (κ2) is 9.47. The van der Waals surface area contributed by atoms with Crippen LogP contribution in [0.4, 0.5) is 0 Å². The molecule has 26 heavy (non-hydrogen) atoms. The fourth-order valence-corrected chi connectivity index (χ4v) is 2.96. The van der Waals surface area contributed by atoms with Crippen LogP contribution >= 0.6 is 12.2 Å². The van der Waals surface area contributed by atoms with E-state index in [2.05, 4.69) is 32.9 Å². The van der Waals surface area contributed by atoms with Crippen molar-refractivity contribution in [2.24, 2.45) is 5.10 Å². The lowest BCUT2D eigenvalue weighted by atomic mass is 10.1. The number of nitrogens with zero attached hydrogens (tertiary/aromatic N) is 2. The highest BCUT2D eigenvalue weighted by atomic mass is 32.1. The Morgan fingerprint density at radius 1 is 1.23 bits per heavy atom. The first-order valence-electron chi connectivity index (χ1n) is 8.69. The van der Waals surface area contributed by atoms with Gasteiger partial charge in [-0.05, 0) is 46.8 Å². The van der Waals surface area contributed by atoms with Crippen LogP contribution in [0.2, 0.25) is 0 Å². The Hall–Kier alpha value is -2.22. The van der Waals surface area contributed by atoms with Gasteiger partial charge in [0, 0.05) is 26.2 Å². The van der Waals surface area contributed by atoms with Crippen LogP contribution in [0.25, 0.3) is 10.8 Å². The number of fused-ring (bicyclic) bond motifs is 1. The predicted octanol–water partition coefficient (Wildman–Crippen LogP) is 1.98. The molecule has 0 spiro atoms. The maximum absolute atomic E-state index is 5.34. The summed E-state index contributed by atoms with van der Waals surface area (Å²) in [5, 5.41) is 10.2. The lowest BCUT2D eigenvalue weighted by molar-refractivity contribution is 0.0389. The van der Waals surface area contributed by atoms with Gasteiger partial charge in [0.1, 0.15) is 5.75 Å². The largest absolute Gasteiger partial charge is 0.497 e.